The van der Waals surface area contributed by atoms with Gasteiger partial charge in [0.05, 0.1) is 6.20 Å². The van der Waals surface area contributed by atoms with Crippen LogP contribution in [0.15, 0.2) is 45.4 Å². The lowest BCUT2D eigenvalue weighted by Crippen LogP contribution is -2.04. The molecule has 0 aliphatic rings. The Bertz CT molecular complexity index is 809. The molecule has 0 N–H and O–H groups in total. The second-order valence-corrected chi connectivity index (χ2v) is 5.30. The van der Waals surface area contributed by atoms with Gasteiger partial charge < -0.3 is 4.42 Å². The van der Waals surface area contributed by atoms with Gasteiger partial charge >= 0.3 is 0 Å². The lowest BCUT2D eigenvalue weighted by atomic mass is 10.1. The number of hydrogen-bond donors (Lipinski definition) is 0. The smallest absolute Gasteiger partial charge is 0.246 e. The molecule has 2 aromatic heterocycles. The van der Waals surface area contributed by atoms with Gasteiger partial charge in [-0.3, -0.25) is 4.79 Å². The van der Waals surface area contributed by atoms with Crippen molar-refractivity contribution in [3.8, 4) is 0 Å². The van der Waals surface area contributed by atoms with E-state index < -0.39 is 5.82 Å². The van der Waals surface area contributed by atoms with Crippen molar-refractivity contribution in [2.24, 2.45) is 0 Å². The Morgan fingerprint density at radius 3 is 2.80 bits per heavy atom. The third-order valence-corrected chi connectivity index (χ3v) is 3.56. The summed E-state index contributed by atoms with van der Waals surface area (Å²) in [6, 6.07) is 8.12. The van der Waals surface area contributed by atoms with E-state index in [9.17, 15) is 9.18 Å². The molecular formula is C15H9BrFNO2. The van der Waals surface area contributed by atoms with Crippen LogP contribution in [0, 0.1) is 12.7 Å². The summed E-state index contributed by atoms with van der Waals surface area (Å²) in [4.78, 5) is 16.1. The molecule has 5 heteroatoms. The molecule has 2 heterocycles. The first-order valence-corrected chi connectivity index (χ1v) is 6.70. The van der Waals surface area contributed by atoms with E-state index in [0.29, 0.717) is 5.58 Å². The quantitative estimate of drug-likeness (QED) is 0.658. The molecule has 0 spiro atoms. The van der Waals surface area contributed by atoms with Crippen LogP contribution in [-0.4, -0.2) is 10.8 Å². The monoisotopic (exact) mass is 333 g/mol. The summed E-state index contributed by atoms with van der Waals surface area (Å²) in [5.74, 6) is -0.598. The summed E-state index contributed by atoms with van der Waals surface area (Å²) in [6.07, 6.45) is 1.02. The highest BCUT2D eigenvalue weighted by Crippen LogP contribution is 2.29. The minimum Gasteiger partial charge on any atom is -0.452 e. The predicted molar refractivity (Wildman–Crippen MR) is 76.3 cm³/mol. The lowest BCUT2D eigenvalue weighted by Gasteiger charge is -1.97. The van der Waals surface area contributed by atoms with E-state index in [4.69, 9.17) is 4.42 Å². The lowest BCUT2D eigenvalue weighted by molar-refractivity contribution is 0.101. The number of carbonyl (C=O) groups is 1. The number of ketones is 1. The second kappa shape index (κ2) is 4.83. The van der Waals surface area contributed by atoms with E-state index in [1.165, 1.54) is 12.1 Å². The molecule has 0 radical (unpaired) electrons. The van der Waals surface area contributed by atoms with Gasteiger partial charge in [-0.2, -0.15) is 0 Å². The van der Waals surface area contributed by atoms with Crippen molar-refractivity contribution in [1.29, 1.82) is 0 Å². The minimum absolute atomic E-state index is 0.160. The third-order valence-electron chi connectivity index (χ3n) is 3.07. The Morgan fingerprint density at radius 1 is 1.30 bits per heavy atom. The Morgan fingerprint density at radius 2 is 2.10 bits per heavy atom. The molecule has 20 heavy (non-hydrogen) atoms. The Kier molecular flexibility index (Phi) is 3.14. The van der Waals surface area contributed by atoms with E-state index in [1.54, 1.807) is 6.07 Å². The highest BCUT2D eigenvalue weighted by atomic mass is 79.9. The van der Waals surface area contributed by atoms with Crippen LogP contribution in [0.5, 0.6) is 0 Å². The zero-order valence-electron chi connectivity index (χ0n) is 10.5. The number of benzene rings is 1. The van der Waals surface area contributed by atoms with Crippen LogP contribution in [0.3, 0.4) is 0 Å². The molecule has 0 unspecified atom stereocenters. The molecule has 0 saturated heterocycles. The van der Waals surface area contributed by atoms with Gasteiger partial charge in [-0.25, -0.2) is 9.37 Å². The Hall–Kier alpha value is -2.01. The van der Waals surface area contributed by atoms with Gasteiger partial charge in [0.2, 0.25) is 5.78 Å². The van der Waals surface area contributed by atoms with Crippen LogP contribution in [-0.2, 0) is 0 Å². The Balaban J connectivity index is 2.12. The van der Waals surface area contributed by atoms with Crippen molar-refractivity contribution in [3.63, 3.8) is 0 Å². The normalized spacial score (nSPS) is 10.9. The summed E-state index contributed by atoms with van der Waals surface area (Å²) in [6.45, 7) is 1.82. The summed E-state index contributed by atoms with van der Waals surface area (Å²) < 4.78 is 19.3. The SMILES string of the molecule is Cc1c(C(=O)c2ccc(F)cn2)oc2cc(Br)ccc12. The van der Waals surface area contributed by atoms with Crippen molar-refractivity contribution in [1.82, 2.24) is 4.98 Å². The maximum absolute atomic E-state index is 12.8. The van der Waals surface area contributed by atoms with Crippen molar-refractivity contribution in [2.45, 2.75) is 6.92 Å². The molecule has 0 aliphatic heterocycles. The standard InChI is InChI=1S/C15H9BrFNO2/c1-8-11-4-2-9(16)6-13(11)20-15(8)14(19)12-5-3-10(17)7-18-12/h2-7H,1H3. The number of furan rings is 1. The summed E-state index contributed by atoms with van der Waals surface area (Å²) in [7, 11) is 0. The van der Waals surface area contributed by atoms with E-state index >= 15 is 0 Å². The molecule has 100 valence electrons. The maximum Gasteiger partial charge on any atom is 0.246 e. The number of hydrogen-bond acceptors (Lipinski definition) is 3. The molecular weight excluding hydrogens is 325 g/mol. The van der Waals surface area contributed by atoms with E-state index in [0.717, 1.165) is 21.6 Å². The number of aromatic nitrogens is 1. The summed E-state index contributed by atoms with van der Waals surface area (Å²) in [5, 5.41) is 0.874. The minimum atomic E-state index is -0.480. The number of pyridine rings is 1. The first-order chi connectivity index (χ1) is 9.56. The van der Waals surface area contributed by atoms with Crippen molar-refractivity contribution in [3.05, 3.63) is 63.8 Å². The highest BCUT2D eigenvalue weighted by Gasteiger charge is 2.20. The number of fused-ring (bicyclic) bond motifs is 1. The first-order valence-electron chi connectivity index (χ1n) is 5.91. The van der Waals surface area contributed by atoms with Gasteiger partial charge in [-0.15, -0.1) is 0 Å². The molecule has 3 rings (SSSR count). The molecule has 1 aromatic carbocycles. The second-order valence-electron chi connectivity index (χ2n) is 4.39. The fourth-order valence-corrected chi connectivity index (χ4v) is 2.38. The fraction of sp³-hybridized carbons (Fsp3) is 0.0667. The number of halogens is 2. The van der Waals surface area contributed by atoms with Crippen LogP contribution in [0.2, 0.25) is 0 Å². The van der Waals surface area contributed by atoms with Gasteiger partial charge in [-0.05, 0) is 37.3 Å². The summed E-state index contributed by atoms with van der Waals surface area (Å²) in [5.41, 5.74) is 1.54. The predicted octanol–water partition coefficient (Wildman–Crippen LogP) is 4.27. The zero-order valence-corrected chi connectivity index (χ0v) is 12.1. The van der Waals surface area contributed by atoms with Crippen molar-refractivity contribution < 1.29 is 13.6 Å². The number of carbonyl (C=O) groups excluding carboxylic acids is 1. The van der Waals surface area contributed by atoms with Crippen molar-refractivity contribution in [2.75, 3.05) is 0 Å². The van der Waals surface area contributed by atoms with Crippen LogP contribution in [0.1, 0.15) is 21.8 Å². The van der Waals surface area contributed by atoms with Crippen LogP contribution >= 0.6 is 15.9 Å². The topological polar surface area (TPSA) is 43.1 Å². The van der Waals surface area contributed by atoms with Crippen LogP contribution in [0.4, 0.5) is 4.39 Å². The molecule has 3 nitrogen and oxygen atoms in total. The molecule has 3 aromatic rings. The first kappa shape index (κ1) is 13.0. The molecule has 0 aliphatic carbocycles. The zero-order chi connectivity index (χ0) is 14.3. The molecule has 0 amide bonds. The third kappa shape index (κ3) is 2.14. The number of aryl methyl sites for hydroxylation is 1. The van der Waals surface area contributed by atoms with Crippen LogP contribution < -0.4 is 0 Å². The average molecular weight is 334 g/mol. The fourth-order valence-electron chi connectivity index (χ4n) is 2.04. The van der Waals surface area contributed by atoms with Gasteiger partial charge in [0.1, 0.15) is 17.1 Å². The molecule has 0 atom stereocenters. The van der Waals surface area contributed by atoms with Crippen LogP contribution in [0.25, 0.3) is 11.0 Å². The average Bonchev–Trinajstić information content (AvgIpc) is 2.75. The van der Waals surface area contributed by atoms with Gasteiger partial charge in [0.15, 0.2) is 5.76 Å². The van der Waals surface area contributed by atoms with E-state index in [2.05, 4.69) is 20.9 Å². The van der Waals surface area contributed by atoms with E-state index in [1.807, 2.05) is 19.1 Å². The van der Waals surface area contributed by atoms with Crippen molar-refractivity contribution >= 4 is 32.7 Å². The van der Waals surface area contributed by atoms with Gasteiger partial charge in [0, 0.05) is 15.4 Å². The van der Waals surface area contributed by atoms with E-state index in [-0.39, 0.29) is 17.2 Å². The number of rotatable bonds is 2. The highest BCUT2D eigenvalue weighted by molar-refractivity contribution is 9.10. The molecule has 0 saturated carbocycles. The largest absolute Gasteiger partial charge is 0.452 e. The number of nitrogens with zero attached hydrogens (tertiary/aromatic N) is 1. The van der Waals surface area contributed by atoms with Gasteiger partial charge in [-0.1, -0.05) is 15.9 Å². The Labute approximate surface area is 122 Å². The van der Waals surface area contributed by atoms with Gasteiger partial charge in [0.25, 0.3) is 0 Å². The maximum atomic E-state index is 12.8. The molecule has 0 fully saturated rings. The molecule has 0 bridgehead atoms. The summed E-state index contributed by atoms with van der Waals surface area (Å²) >= 11 is 3.36.